The van der Waals surface area contributed by atoms with E-state index in [1.165, 1.54) is 12.0 Å². The van der Waals surface area contributed by atoms with Gasteiger partial charge in [0, 0.05) is 5.92 Å². The molecule has 0 spiro atoms. The average Bonchev–Trinajstić information content (AvgIpc) is 2.45. The number of nitrogens with zero attached hydrogens (tertiary/aromatic N) is 1. The number of ether oxygens (including phenoxy) is 1. The fraction of sp³-hybridized carbons (Fsp3) is 0.529. The second-order valence-corrected chi connectivity index (χ2v) is 8.18. The van der Waals surface area contributed by atoms with Gasteiger partial charge in [0.05, 0.1) is 12.3 Å². The van der Waals surface area contributed by atoms with Crippen LogP contribution in [-0.4, -0.2) is 15.0 Å². The van der Waals surface area contributed by atoms with E-state index < -0.39 is 10.2 Å². The molecule has 1 aromatic rings. The maximum absolute atomic E-state index is 11.2. The van der Waals surface area contributed by atoms with Crippen molar-refractivity contribution in [2.75, 3.05) is 11.3 Å². The second kappa shape index (κ2) is 8.36. The molecule has 7 heteroatoms. The van der Waals surface area contributed by atoms with E-state index in [4.69, 9.17) is 9.88 Å². The first-order valence-electron chi connectivity index (χ1n) is 7.85. The fourth-order valence-electron chi connectivity index (χ4n) is 2.09. The maximum Gasteiger partial charge on any atom is 0.296 e. The molecular weight excluding hydrogens is 326 g/mol. The van der Waals surface area contributed by atoms with E-state index in [2.05, 4.69) is 32.4 Å². The maximum atomic E-state index is 11.2. The Morgan fingerprint density at radius 2 is 2.04 bits per heavy atom. The highest BCUT2D eigenvalue weighted by Crippen LogP contribution is 2.29. The summed E-state index contributed by atoms with van der Waals surface area (Å²) in [6, 6.07) is 6.70. The van der Waals surface area contributed by atoms with Crippen molar-refractivity contribution in [3.05, 3.63) is 29.7 Å². The third-order valence-corrected chi connectivity index (χ3v) is 4.06. The molecule has 0 aliphatic carbocycles. The molecule has 1 rings (SSSR count). The van der Waals surface area contributed by atoms with Crippen LogP contribution in [0.4, 0.5) is 5.69 Å². The molecule has 0 aromatic heterocycles. The molecule has 0 saturated heterocycles. The quantitative estimate of drug-likeness (QED) is 0.748. The third kappa shape index (κ3) is 7.20. The van der Waals surface area contributed by atoms with Crippen molar-refractivity contribution < 1.29 is 13.2 Å². The SMILES string of the molecule is CC[C](CCC(C)(C)C)COc1cccc(NS(N)(=O)=O)c1C#N. The van der Waals surface area contributed by atoms with E-state index in [0.29, 0.717) is 12.4 Å². The Hall–Kier alpha value is -1.78. The largest absolute Gasteiger partial charge is 0.492 e. The lowest BCUT2D eigenvalue weighted by Crippen LogP contribution is -2.22. The fourth-order valence-corrected chi connectivity index (χ4v) is 2.56. The highest BCUT2D eigenvalue weighted by molar-refractivity contribution is 7.90. The standard InChI is InChI=1S/C17H26N3O3S/c1-5-13(9-10-17(2,3)4)12-23-16-8-6-7-15(14(16)11-18)20-24(19,21)22/h6-8,20H,5,9-10,12H2,1-4H3,(H2,19,21,22). The summed E-state index contributed by atoms with van der Waals surface area (Å²) in [5.41, 5.74) is 0.487. The molecule has 6 nitrogen and oxygen atoms in total. The zero-order valence-corrected chi connectivity index (χ0v) is 15.5. The van der Waals surface area contributed by atoms with E-state index in [0.717, 1.165) is 19.3 Å². The molecule has 0 heterocycles. The van der Waals surface area contributed by atoms with Crippen molar-refractivity contribution in [1.82, 2.24) is 0 Å². The van der Waals surface area contributed by atoms with Crippen LogP contribution in [0.25, 0.3) is 0 Å². The lowest BCUT2D eigenvalue weighted by Gasteiger charge is -2.22. The Labute approximate surface area is 145 Å². The summed E-state index contributed by atoms with van der Waals surface area (Å²) in [6.45, 7) is 9.05. The van der Waals surface area contributed by atoms with Gasteiger partial charge < -0.3 is 4.74 Å². The predicted molar refractivity (Wildman–Crippen MR) is 95.6 cm³/mol. The smallest absolute Gasteiger partial charge is 0.296 e. The van der Waals surface area contributed by atoms with Crippen LogP contribution in [0.2, 0.25) is 0 Å². The van der Waals surface area contributed by atoms with Crippen LogP contribution in [0.15, 0.2) is 18.2 Å². The third-order valence-electron chi connectivity index (χ3n) is 3.55. The molecule has 3 N–H and O–H groups in total. The van der Waals surface area contributed by atoms with Crippen LogP contribution in [0.1, 0.15) is 52.5 Å². The molecular formula is C17H26N3O3S. The summed E-state index contributed by atoms with van der Waals surface area (Å²) in [5.74, 6) is 1.59. The molecule has 0 amide bonds. The minimum atomic E-state index is -3.95. The first-order chi connectivity index (χ1) is 11.1. The Morgan fingerprint density at radius 1 is 1.38 bits per heavy atom. The zero-order valence-electron chi connectivity index (χ0n) is 14.7. The van der Waals surface area contributed by atoms with Crippen molar-refractivity contribution in [3.63, 3.8) is 0 Å². The molecule has 0 saturated carbocycles. The Balaban J connectivity index is 2.84. The van der Waals surface area contributed by atoms with Crippen LogP contribution in [-0.2, 0) is 10.2 Å². The molecule has 0 unspecified atom stereocenters. The average molecular weight is 352 g/mol. The number of anilines is 1. The lowest BCUT2D eigenvalue weighted by atomic mass is 9.86. The van der Waals surface area contributed by atoms with E-state index in [1.807, 2.05) is 6.07 Å². The minimum absolute atomic E-state index is 0.116. The molecule has 0 atom stereocenters. The summed E-state index contributed by atoms with van der Waals surface area (Å²) in [4.78, 5) is 0. The van der Waals surface area contributed by atoms with Gasteiger partial charge in [0.2, 0.25) is 0 Å². The number of nitrogens with one attached hydrogen (secondary N) is 1. The van der Waals surface area contributed by atoms with Gasteiger partial charge in [-0.2, -0.15) is 13.7 Å². The molecule has 0 aliphatic rings. The molecule has 1 radical (unpaired) electrons. The van der Waals surface area contributed by atoms with E-state index in [-0.39, 0.29) is 16.7 Å². The molecule has 0 aliphatic heterocycles. The Kier molecular flexibility index (Phi) is 7.06. The summed E-state index contributed by atoms with van der Waals surface area (Å²) in [6.07, 6.45) is 2.90. The van der Waals surface area contributed by atoms with Gasteiger partial charge in [-0.05, 0) is 36.8 Å². The van der Waals surface area contributed by atoms with Gasteiger partial charge >= 0.3 is 0 Å². The zero-order chi connectivity index (χ0) is 18.4. The van der Waals surface area contributed by atoms with E-state index >= 15 is 0 Å². The van der Waals surface area contributed by atoms with Crippen LogP contribution in [0.3, 0.4) is 0 Å². The van der Waals surface area contributed by atoms with Gasteiger partial charge in [0.1, 0.15) is 17.4 Å². The minimum Gasteiger partial charge on any atom is -0.492 e. The predicted octanol–water partition coefficient (Wildman–Crippen LogP) is 3.36. The molecule has 1 aromatic carbocycles. The van der Waals surface area contributed by atoms with Crippen molar-refractivity contribution in [1.29, 1.82) is 5.26 Å². The van der Waals surface area contributed by atoms with Crippen molar-refractivity contribution in [2.24, 2.45) is 10.6 Å². The summed E-state index contributed by atoms with van der Waals surface area (Å²) in [7, 11) is -3.95. The van der Waals surface area contributed by atoms with Gasteiger partial charge in [-0.15, -0.1) is 0 Å². The van der Waals surface area contributed by atoms with Gasteiger partial charge in [0.15, 0.2) is 0 Å². The number of hydrogen-bond donors (Lipinski definition) is 2. The lowest BCUT2D eigenvalue weighted by molar-refractivity contribution is 0.297. The van der Waals surface area contributed by atoms with Gasteiger partial charge in [-0.25, -0.2) is 5.14 Å². The van der Waals surface area contributed by atoms with Gasteiger partial charge in [-0.1, -0.05) is 33.8 Å². The van der Waals surface area contributed by atoms with Crippen LogP contribution in [0, 0.1) is 22.7 Å². The summed E-state index contributed by atoms with van der Waals surface area (Å²) < 4.78 is 30.3. The summed E-state index contributed by atoms with van der Waals surface area (Å²) in [5, 5.41) is 14.3. The first kappa shape index (κ1) is 20.3. The van der Waals surface area contributed by atoms with Crippen LogP contribution < -0.4 is 14.6 Å². The van der Waals surface area contributed by atoms with Crippen molar-refractivity contribution in [3.8, 4) is 11.8 Å². The van der Waals surface area contributed by atoms with Crippen molar-refractivity contribution >= 4 is 15.9 Å². The van der Waals surface area contributed by atoms with Crippen molar-refractivity contribution in [2.45, 2.75) is 47.0 Å². The Bertz CT molecular complexity index is 688. The van der Waals surface area contributed by atoms with E-state index in [9.17, 15) is 13.7 Å². The number of nitriles is 1. The topological polar surface area (TPSA) is 105 Å². The first-order valence-corrected chi connectivity index (χ1v) is 9.40. The van der Waals surface area contributed by atoms with Crippen LogP contribution >= 0.6 is 0 Å². The van der Waals surface area contributed by atoms with E-state index in [1.54, 1.807) is 12.1 Å². The molecule has 0 fully saturated rings. The van der Waals surface area contributed by atoms with Gasteiger partial charge in [-0.3, -0.25) is 4.72 Å². The highest BCUT2D eigenvalue weighted by Gasteiger charge is 2.17. The molecule has 0 bridgehead atoms. The monoisotopic (exact) mass is 352 g/mol. The Morgan fingerprint density at radius 3 is 2.54 bits per heavy atom. The number of nitrogens with two attached hydrogens (primary N) is 1. The number of benzene rings is 1. The highest BCUT2D eigenvalue weighted by atomic mass is 32.2. The second-order valence-electron chi connectivity index (χ2n) is 6.89. The van der Waals surface area contributed by atoms with Gasteiger partial charge in [0.25, 0.3) is 10.2 Å². The number of hydrogen-bond acceptors (Lipinski definition) is 4. The normalized spacial score (nSPS) is 12.0. The van der Waals surface area contributed by atoms with Crippen LogP contribution in [0.5, 0.6) is 5.75 Å². The molecule has 24 heavy (non-hydrogen) atoms. The number of rotatable bonds is 8. The molecule has 133 valence electrons. The summed E-state index contributed by atoms with van der Waals surface area (Å²) >= 11 is 0.